The molecule has 3 N–H and O–H groups in total. The summed E-state index contributed by atoms with van der Waals surface area (Å²) in [6.07, 6.45) is 2.11. The zero-order valence-electron chi connectivity index (χ0n) is 10.8. The molecule has 0 radical (unpaired) electrons. The number of carbonyl (C=O) groups excluding carboxylic acids is 1. The van der Waals surface area contributed by atoms with Crippen molar-refractivity contribution in [1.82, 2.24) is 5.32 Å². The summed E-state index contributed by atoms with van der Waals surface area (Å²) in [5, 5.41) is 2.86. The van der Waals surface area contributed by atoms with E-state index in [1.807, 2.05) is 31.2 Å². The van der Waals surface area contributed by atoms with Gasteiger partial charge in [0, 0.05) is 0 Å². The van der Waals surface area contributed by atoms with Crippen molar-refractivity contribution in [2.75, 3.05) is 7.11 Å². The molecule has 0 heterocycles. The highest BCUT2D eigenvalue weighted by Gasteiger charge is 2.15. The van der Waals surface area contributed by atoms with E-state index in [4.69, 9.17) is 10.5 Å². The van der Waals surface area contributed by atoms with Gasteiger partial charge in [0.25, 0.3) is 0 Å². The van der Waals surface area contributed by atoms with Crippen LogP contribution < -0.4 is 15.8 Å². The van der Waals surface area contributed by atoms with Crippen LogP contribution in [0, 0.1) is 0 Å². The van der Waals surface area contributed by atoms with Crippen molar-refractivity contribution in [1.29, 1.82) is 0 Å². The lowest BCUT2D eigenvalue weighted by molar-refractivity contribution is -0.122. The van der Waals surface area contributed by atoms with Crippen molar-refractivity contribution in [3.8, 4) is 5.75 Å². The molecule has 98 valence electrons. The molecule has 0 aliphatic rings. The van der Waals surface area contributed by atoms with Crippen molar-refractivity contribution < 1.29 is 9.53 Å². The number of hydrogen-bond donors (Lipinski definition) is 2. The Morgan fingerprint density at radius 2 is 2.33 bits per heavy atom. The summed E-state index contributed by atoms with van der Waals surface area (Å²) in [6, 6.07) is 6.93. The van der Waals surface area contributed by atoms with E-state index in [1.165, 1.54) is 0 Å². The number of rotatable bonds is 6. The van der Waals surface area contributed by atoms with Gasteiger partial charge < -0.3 is 15.8 Å². The number of amides is 1. The summed E-state index contributed by atoms with van der Waals surface area (Å²) in [7, 11) is 1.61. The minimum absolute atomic E-state index is 0.108. The van der Waals surface area contributed by atoms with E-state index in [2.05, 4.69) is 11.9 Å². The smallest absolute Gasteiger partial charge is 0.237 e. The Morgan fingerprint density at radius 1 is 1.61 bits per heavy atom. The largest absolute Gasteiger partial charge is 0.497 e. The first-order chi connectivity index (χ1) is 8.58. The summed E-state index contributed by atoms with van der Waals surface area (Å²) >= 11 is 0. The molecule has 18 heavy (non-hydrogen) atoms. The minimum Gasteiger partial charge on any atom is -0.497 e. The molecule has 1 unspecified atom stereocenters. The number of benzene rings is 1. The summed E-state index contributed by atoms with van der Waals surface area (Å²) in [5.41, 5.74) is 6.68. The van der Waals surface area contributed by atoms with E-state index in [-0.39, 0.29) is 11.9 Å². The molecule has 1 aromatic rings. The maximum absolute atomic E-state index is 11.8. The Balaban J connectivity index is 2.66. The van der Waals surface area contributed by atoms with Gasteiger partial charge >= 0.3 is 0 Å². The molecule has 0 aliphatic carbocycles. The lowest BCUT2D eigenvalue weighted by Crippen LogP contribution is -2.41. The molecule has 0 aromatic heterocycles. The van der Waals surface area contributed by atoms with Crippen molar-refractivity contribution in [3.63, 3.8) is 0 Å². The van der Waals surface area contributed by atoms with Crippen LogP contribution in [0.5, 0.6) is 5.75 Å². The van der Waals surface area contributed by atoms with E-state index in [9.17, 15) is 4.79 Å². The molecule has 0 bridgehead atoms. The molecular weight excluding hydrogens is 228 g/mol. The number of ether oxygens (including phenoxy) is 1. The highest BCUT2D eigenvalue weighted by Crippen LogP contribution is 2.18. The fraction of sp³-hybridized carbons (Fsp3) is 0.357. The number of hydrogen-bond acceptors (Lipinski definition) is 3. The van der Waals surface area contributed by atoms with Crippen LogP contribution in [-0.2, 0) is 4.79 Å². The van der Waals surface area contributed by atoms with Gasteiger partial charge in [-0.2, -0.15) is 0 Å². The van der Waals surface area contributed by atoms with Gasteiger partial charge in [0.05, 0.1) is 19.2 Å². The molecule has 4 nitrogen and oxygen atoms in total. The van der Waals surface area contributed by atoms with Crippen molar-refractivity contribution in [2.24, 2.45) is 5.73 Å². The van der Waals surface area contributed by atoms with Gasteiger partial charge in [-0.1, -0.05) is 18.2 Å². The molecule has 0 saturated carbocycles. The first kappa shape index (κ1) is 14.3. The Morgan fingerprint density at radius 3 is 2.94 bits per heavy atom. The van der Waals surface area contributed by atoms with Crippen LogP contribution in [0.3, 0.4) is 0 Å². The molecule has 0 fully saturated rings. The normalized spacial score (nSPS) is 13.5. The van der Waals surface area contributed by atoms with Gasteiger partial charge in [-0.3, -0.25) is 4.79 Å². The fourth-order valence-electron chi connectivity index (χ4n) is 1.60. The lowest BCUT2D eigenvalue weighted by Gasteiger charge is -2.17. The summed E-state index contributed by atoms with van der Waals surface area (Å²) in [6.45, 7) is 5.48. The third kappa shape index (κ3) is 3.89. The molecule has 0 spiro atoms. The van der Waals surface area contributed by atoms with E-state index < -0.39 is 6.04 Å². The van der Waals surface area contributed by atoms with Crippen LogP contribution >= 0.6 is 0 Å². The SMILES string of the molecule is C=CCC(N)C(=O)N[C@H](C)c1cccc(OC)c1. The Hall–Kier alpha value is -1.81. The second-order valence-electron chi connectivity index (χ2n) is 4.14. The average Bonchev–Trinajstić information content (AvgIpc) is 2.39. The Kier molecular flexibility index (Phi) is 5.39. The summed E-state index contributed by atoms with van der Waals surface area (Å²) < 4.78 is 5.15. The molecule has 2 atom stereocenters. The van der Waals surface area contributed by atoms with Crippen molar-refractivity contribution in [3.05, 3.63) is 42.5 Å². The first-order valence-corrected chi connectivity index (χ1v) is 5.89. The monoisotopic (exact) mass is 248 g/mol. The molecule has 0 aliphatic heterocycles. The maximum atomic E-state index is 11.8. The van der Waals surface area contributed by atoms with E-state index in [1.54, 1.807) is 13.2 Å². The summed E-state index contributed by atoms with van der Waals surface area (Å²) in [5.74, 6) is 0.592. The quantitative estimate of drug-likeness (QED) is 0.754. The molecule has 4 heteroatoms. The highest BCUT2D eigenvalue weighted by atomic mass is 16.5. The molecule has 1 amide bonds. The molecular formula is C14H20N2O2. The predicted molar refractivity (Wildman–Crippen MR) is 72.3 cm³/mol. The van der Waals surface area contributed by atoms with Gasteiger partial charge in [-0.05, 0) is 31.0 Å². The second-order valence-corrected chi connectivity index (χ2v) is 4.14. The van der Waals surface area contributed by atoms with Gasteiger partial charge in [0.1, 0.15) is 5.75 Å². The predicted octanol–water partition coefficient (Wildman–Crippen LogP) is 1.78. The topological polar surface area (TPSA) is 64.4 Å². The number of methoxy groups -OCH3 is 1. The first-order valence-electron chi connectivity index (χ1n) is 5.89. The molecule has 0 saturated heterocycles. The summed E-state index contributed by atoms with van der Waals surface area (Å²) in [4.78, 5) is 11.8. The highest BCUT2D eigenvalue weighted by molar-refractivity contribution is 5.82. The van der Waals surface area contributed by atoms with Crippen LogP contribution in [0.2, 0.25) is 0 Å². The number of nitrogens with one attached hydrogen (secondary N) is 1. The zero-order valence-corrected chi connectivity index (χ0v) is 10.8. The third-order valence-corrected chi connectivity index (χ3v) is 2.71. The van der Waals surface area contributed by atoms with Gasteiger partial charge in [0.15, 0.2) is 0 Å². The standard InChI is InChI=1S/C14H20N2O2/c1-4-6-13(15)14(17)16-10(2)11-7-5-8-12(9-11)18-3/h4-5,7-10,13H,1,6,15H2,2-3H3,(H,16,17)/t10-,13?/m1/s1. The lowest BCUT2D eigenvalue weighted by atomic mass is 10.1. The third-order valence-electron chi connectivity index (χ3n) is 2.71. The van der Waals surface area contributed by atoms with E-state index in [0.29, 0.717) is 6.42 Å². The van der Waals surface area contributed by atoms with Gasteiger partial charge in [-0.15, -0.1) is 6.58 Å². The van der Waals surface area contributed by atoms with Crippen LogP contribution in [0.1, 0.15) is 24.9 Å². The van der Waals surface area contributed by atoms with Crippen molar-refractivity contribution in [2.45, 2.75) is 25.4 Å². The maximum Gasteiger partial charge on any atom is 0.237 e. The van der Waals surface area contributed by atoms with Crippen LogP contribution in [0.25, 0.3) is 0 Å². The zero-order chi connectivity index (χ0) is 13.5. The average molecular weight is 248 g/mol. The van der Waals surface area contributed by atoms with E-state index >= 15 is 0 Å². The van der Waals surface area contributed by atoms with Crippen LogP contribution in [0.4, 0.5) is 0 Å². The van der Waals surface area contributed by atoms with Gasteiger partial charge in [0.2, 0.25) is 5.91 Å². The van der Waals surface area contributed by atoms with Crippen molar-refractivity contribution >= 4 is 5.91 Å². The Labute approximate surface area is 108 Å². The van der Waals surface area contributed by atoms with Gasteiger partial charge in [-0.25, -0.2) is 0 Å². The van der Waals surface area contributed by atoms with Crippen LogP contribution in [-0.4, -0.2) is 19.1 Å². The molecule has 1 aromatic carbocycles. The second kappa shape index (κ2) is 6.81. The fourth-order valence-corrected chi connectivity index (χ4v) is 1.60. The number of carbonyl (C=O) groups is 1. The van der Waals surface area contributed by atoms with E-state index in [0.717, 1.165) is 11.3 Å². The Bertz CT molecular complexity index is 418. The van der Waals surface area contributed by atoms with Crippen LogP contribution in [0.15, 0.2) is 36.9 Å². The minimum atomic E-state index is -0.546. The number of nitrogens with two attached hydrogens (primary N) is 1. The molecule has 1 rings (SSSR count).